The van der Waals surface area contributed by atoms with Gasteiger partial charge in [0.05, 0.1) is 19.2 Å². The van der Waals surface area contributed by atoms with Crippen LogP contribution >= 0.6 is 0 Å². The number of rotatable bonds is 4. The minimum absolute atomic E-state index is 0.186. The van der Waals surface area contributed by atoms with Gasteiger partial charge in [0.2, 0.25) is 0 Å². The second kappa shape index (κ2) is 6.76. The average Bonchev–Trinajstić information content (AvgIpc) is 2.49. The zero-order valence-electron chi connectivity index (χ0n) is 11.8. The van der Waals surface area contributed by atoms with Crippen molar-refractivity contribution in [3.05, 3.63) is 35.4 Å². The Morgan fingerprint density at radius 2 is 1.95 bits per heavy atom. The molecule has 0 saturated carbocycles. The largest absolute Gasteiger partial charge is 0.468 e. The first-order valence-electron chi connectivity index (χ1n) is 6.79. The minimum Gasteiger partial charge on any atom is -0.468 e. The molecule has 21 heavy (non-hydrogen) atoms. The number of nitrogens with zero attached hydrogens (tertiary/aromatic N) is 1. The number of benzene rings is 1. The molecule has 1 aliphatic heterocycles. The molecule has 1 aromatic carbocycles. The fourth-order valence-corrected chi connectivity index (χ4v) is 2.51. The van der Waals surface area contributed by atoms with Gasteiger partial charge in [0.15, 0.2) is 5.78 Å². The van der Waals surface area contributed by atoms with Crippen molar-refractivity contribution in [1.29, 1.82) is 0 Å². The van der Waals surface area contributed by atoms with E-state index in [2.05, 4.69) is 4.74 Å². The molecule has 1 fully saturated rings. The van der Waals surface area contributed by atoms with Gasteiger partial charge in [-0.05, 0) is 44.1 Å². The second-order valence-corrected chi connectivity index (χ2v) is 5.11. The molecule has 0 atom stereocenters. The van der Waals surface area contributed by atoms with Gasteiger partial charge in [-0.3, -0.25) is 14.5 Å². The first-order chi connectivity index (χ1) is 10.0. The van der Waals surface area contributed by atoms with Crippen LogP contribution in [0, 0.1) is 17.6 Å². The van der Waals surface area contributed by atoms with E-state index in [1.54, 1.807) is 0 Å². The van der Waals surface area contributed by atoms with Crippen LogP contribution in [0.3, 0.4) is 0 Å². The van der Waals surface area contributed by atoms with Crippen LogP contribution < -0.4 is 0 Å². The van der Waals surface area contributed by atoms with Crippen molar-refractivity contribution in [3.8, 4) is 0 Å². The normalized spacial score (nSPS) is 16.7. The van der Waals surface area contributed by atoms with Crippen LogP contribution in [0.4, 0.5) is 8.78 Å². The number of esters is 1. The molecule has 1 aromatic rings. The summed E-state index contributed by atoms with van der Waals surface area (Å²) in [5.41, 5.74) is -0.193. The van der Waals surface area contributed by atoms with Crippen LogP contribution in [0.15, 0.2) is 18.2 Å². The monoisotopic (exact) mass is 297 g/mol. The van der Waals surface area contributed by atoms with Crippen LogP contribution in [-0.2, 0) is 9.53 Å². The number of piperidine rings is 1. The van der Waals surface area contributed by atoms with Crippen molar-refractivity contribution < 1.29 is 23.1 Å². The molecule has 0 aliphatic carbocycles. The molecule has 0 radical (unpaired) electrons. The quantitative estimate of drug-likeness (QED) is 0.630. The zero-order valence-corrected chi connectivity index (χ0v) is 11.8. The molecule has 2 rings (SSSR count). The number of carbonyl (C=O) groups excluding carboxylic acids is 2. The second-order valence-electron chi connectivity index (χ2n) is 5.11. The van der Waals surface area contributed by atoms with Crippen molar-refractivity contribution in [2.24, 2.45) is 5.92 Å². The van der Waals surface area contributed by atoms with Gasteiger partial charge in [0.25, 0.3) is 0 Å². The molecule has 0 aromatic heterocycles. The molecule has 6 heteroatoms. The predicted molar refractivity (Wildman–Crippen MR) is 71.9 cm³/mol. The molecule has 0 bridgehead atoms. The number of carbonyl (C=O) groups is 2. The third-order valence-corrected chi connectivity index (χ3v) is 3.73. The molecule has 1 aliphatic rings. The van der Waals surface area contributed by atoms with Gasteiger partial charge in [-0.2, -0.15) is 0 Å². The van der Waals surface area contributed by atoms with E-state index < -0.39 is 11.6 Å². The van der Waals surface area contributed by atoms with E-state index in [1.807, 2.05) is 4.90 Å². The summed E-state index contributed by atoms with van der Waals surface area (Å²) in [5.74, 6) is -2.35. The molecule has 1 heterocycles. The molecule has 0 amide bonds. The standard InChI is InChI=1S/C15H17F2NO3/c1-21-14(19)9-18-6-4-10(5-7-18)15(20)12-8-11(16)2-3-13(12)17/h2-3,8,10H,4-7,9H2,1H3. The molecule has 0 N–H and O–H groups in total. The molecule has 114 valence electrons. The molecule has 0 spiro atoms. The Hall–Kier alpha value is -1.82. The minimum atomic E-state index is -0.696. The highest BCUT2D eigenvalue weighted by Gasteiger charge is 2.28. The van der Waals surface area contributed by atoms with Crippen LogP contribution in [0.5, 0.6) is 0 Å². The van der Waals surface area contributed by atoms with Gasteiger partial charge < -0.3 is 4.74 Å². The highest BCUT2D eigenvalue weighted by molar-refractivity contribution is 5.98. The first kappa shape index (κ1) is 15.6. The highest BCUT2D eigenvalue weighted by atomic mass is 19.1. The number of hydrogen-bond donors (Lipinski definition) is 0. The molecule has 0 unspecified atom stereocenters. The van der Waals surface area contributed by atoms with Gasteiger partial charge in [0, 0.05) is 5.92 Å². The van der Waals surface area contributed by atoms with E-state index in [9.17, 15) is 18.4 Å². The lowest BCUT2D eigenvalue weighted by Gasteiger charge is -2.30. The third-order valence-electron chi connectivity index (χ3n) is 3.73. The molecule has 4 nitrogen and oxygen atoms in total. The Labute approximate surface area is 121 Å². The Morgan fingerprint density at radius 1 is 1.29 bits per heavy atom. The summed E-state index contributed by atoms with van der Waals surface area (Å²) in [6, 6.07) is 2.90. The fraction of sp³-hybridized carbons (Fsp3) is 0.467. The van der Waals surface area contributed by atoms with E-state index in [0.717, 1.165) is 18.2 Å². The number of ether oxygens (including phenoxy) is 1. The van der Waals surface area contributed by atoms with Gasteiger partial charge in [-0.15, -0.1) is 0 Å². The predicted octanol–water partition coefficient (Wildman–Crippen LogP) is 2.03. The number of halogens is 2. The maximum absolute atomic E-state index is 13.6. The van der Waals surface area contributed by atoms with Gasteiger partial charge >= 0.3 is 5.97 Å². The van der Waals surface area contributed by atoms with Gasteiger partial charge in [-0.25, -0.2) is 8.78 Å². The fourth-order valence-electron chi connectivity index (χ4n) is 2.51. The zero-order chi connectivity index (χ0) is 15.4. The number of hydrogen-bond acceptors (Lipinski definition) is 4. The Kier molecular flexibility index (Phi) is 5.01. The topological polar surface area (TPSA) is 46.6 Å². The third kappa shape index (κ3) is 3.85. The van der Waals surface area contributed by atoms with Crippen molar-refractivity contribution in [2.75, 3.05) is 26.7 Å². The maximum atomic E-state index is 13.6. The summed E-state index contributed by atoms with van der Waals surface area (Å²) in [7, 11) is 1.32. The highest BCUT2D eigenvalue weighted by Crippen LogP contribution is 2.23. The lowest BCUT2D eigenvalue weighted by molar-refractivity contribution is -0.142. The van der Waals surface area contributed by atoms with Crippen molar-refractivity contribution in [3.63, 3.8) is 0 Å². The van der Waals surface area contributed by atoms with E-state index in [4.69, 9.17) is 0 Å². The Bertz CT molecular complexity index is 540. The summed E-state index contributed by atoms with van der Waals surface area (Å²) >= 11 is 0. The Balaban J connectivity index is 1.97. The molecular weight excluding hydrogens is 280 g/mol. The number of ketones is 1. The van der Waals surface area contributed by atoms with Gasteiger partial charge in [-0.1, -0.05) is 0 Å². The van der Waals surface area contributed by atoms with Crippen LogP contribution in [-0.4, -0.2) is 43.4 Å². The van der Waals surface area contributed by atoms with E-state index in [1.165, 1.54) is 7.11 Å². The average molecular weight is 297 g/mol. The summed E-state index contributed by atoms with van der Waals surface area (Å²) < 4.78 is 31.3. The van der Waals surface area contributed by atoms with Crippen LogP contribution in [0.25, 0.3) is 0 Å². The van der Waals surface area contributed by atoms with E-state index in [-0.39, 0.29) is 29.8 Å². The number of methoxy groups -OCH3 is 1. The number of Topliss-reactive ketones (excluding diaryl/α,β-unsaturated/α-hetero) is 1. The van der Waals surface area contributed by atoms with Crippen molar-refractivity contribution in [1.82, 2.24) is 4.90 Å². The summed E-state index contributed by atoms with van der Waals surface area (Å²) in [4.78, 5) is 25.3. The first-order valence-corrected chi connectivity index (χ1v) is 6.79. The lowest BCUT2D eigenvalue weighted by Crippen LogP contribution is -2.39. The van der Waals surface area contributed by atoms with E-state index >= 15 is 0 Å². The lowest BCUT2D eigenvalue weighted by atomic mass is 9.88. The van der Waals surface area contributed by atoms with Crippen molar-refractivity contribution in [2.45, 2.75) is 12.8 Å². The smallest absolute Gasteiger partial charge is 0.319 e. The molecule has 1 saturated heterocycles. The Morgan fingerprint density at radius 3 is 2.57 bits per heavy atom. The van der Waals surface area contributed by atoms with Gasteiger partial charge in [0.1, 0.15) is 11.6 Å². The summed E-state index contributed by atoms with van der Waals surface area (Å²) in [6.45, 7) is 1.30. The molecular formula is C15H17F2NO3. The maximum Gasteiger partial charge on any atom is 0.319 e. The SMILES string of the molecule is COC(=O)CN1CCC(C(=O)c2cc(F)ccc2F)CC1. The van der Waals surface area contributed by atoms with Crippen LogP contribution in [0.1, 0.15) is 23.2 Å². The van der Waals surface area contributed by atoms with Crippen molar-refractivity contribution >= 4 is 11.8 Å². The number of likely N-dealkylation sites (tertiary alicyclic amines) is 1. The summed E-state index contributed by atoms with van der Waals surface area (Å²) in [5, 5.41) is 0. The van der Waals surface area contributed by atoms with Crippen LogP contribution in [0.2, 0.25) is 0 Å². The summed E-state index contributed by atoms with van der Waals surface area (Å²) in [6.07, 6.45) is 1.04. The van der Waals surface area contributed by atoms with E-state index in [0.29, 0.717) is 25.9 Å².